The highest BCUT2D eigenvalue weighted by molar-refractivity contribution is 7.86. The summed E-state index contributed by atoms with van der Waals surface area (Å²) in [4.78, 5) is 11.9. The van der Waals surface area contributed by atoms with Crippen molar-refractivity contribution in [1.82, 2.24) is 0 Å². The van der Waals surface area contributed by atoms with E-state index in [-0.39, 0.29) is 11.3 Å². The highest BCUT2D eigenvalue weighted by Gasteiger charge is 2.27. The lowest BCUT2D eigenvalue weighted by Crippen LogP contribution is -2.28. The standard InChI is InChI=1S/C15H14BNO6S/c1-22-15(19)12-7-11(4-5-14(12)18)24(21)17-10-3-2-9-8-23-16(20)13(9)6-10/h2-7,17-18,20H,8H2,1H3. The van der Waals surface area contributed by atoms with Crippen molar-refractivity contribution < 1.29 is 28.5 Å². The van der Waals surface area contributed by atoms with E-state index in [0.29, 0.717) is 22.7 Å². The van der Waals surface area contributed by atoms with Crippen molar-refractivity contribution in [2.75, 3.05) is 11.8 Å². The molecule has 0 amide bonds. The molecule has 1 aliphatic heterocycles. The summed E-state index contributed by atoms with van der Waals surface area (Å²) in [7, 11) is -1.47. The zero-order valence-corrected chi connectivity index (χ0v) is 13.5. The molecule has 0 aliphatic carbocycles. The Morgan fingerprint density at radius 3 is 2.88 bits per heavy atom. The Labute approximate surface area is 141 Å². The van der Waals surface area contributed by atoms with Crippen LogP contribution in [-0.2, 0) is 27.0 Å². The summed E-state index contributed by atoms with van der Waals surface area (Å²) in [6.07, 6.45) is 0. The summed E-state index contributed by atoms with van der Waals surface area (Å²) in [6, 6.07) is 9.18. The summed E-state index contributed by atoms with van der Waals surface area (Å²) in [5.74, 6) is -0.968. The molecule has 24 heavy (non-hydrogen) atoms. The number of nitrogens with one attached hydrogen (secondary N) is 1. The number of anilines is 1. The highest BCUT2D eigenvalue weighted by Crippen LogP contribution is 2.22. The van der Waals surface area contributed by atoms with E-state index >= 15 is 0 Å². The lowest BCUT2D eigenvalue weighted by atomic mass is 9.79. The summed E-state index contributed by atoms with van der Waals surface area (Å²) in [6.45, 7) is 0.334. The van der Waals surface area contributed by atoms with Gasteiger partial charge in [0.15, 0.2) is 0 Å². The molecule has 1 unspecified atom stereocenters. The summed E-state index contributed by atoms with van der Waals surface area (Å²) in [5, 5.41) is 19.4. The number of aromatic hydroxyl groups is 1. The van der Waals surface area contributed by atoms with E-state index in [9.17, 15) is 19.1 Å². The predicted octanol–water partition coefficient (Wildman–Crippen LogP) is 0.531. The predicted molar refractivity (Wildman–Crippen MR) is 88.3 cm³/mol. The molecule has 9 heteroatoms. The van der Waals surface area contributed by atoms with E-state index in [2.05, 4.69) is 9.46 Å². The van der Waals surface area contributed by atoms with E-state index in [1.165, 1.54) is 25.3 Å². The second kappa shape index (κ2) is 6.64. The number of phenols is 1. The maximum Gasteiger partial charge on any atom is 0.491 e. The molecule has 0 saturated carbocycles. The van der Waals surface area contributed by atoms with Crippen LogP contribution in [0.4, 0.5) is 5.69 Å². The van der Waals surface area contributed by atoms with E-state index in [1.54, 1.807) is 18.2 Å². The smallest absolute Gasteiger partial charge is 0.491 e. The number of phenolic OH excluding ortho intramolecular Hbond substituents is 1. The molecule has 1 atom stereocenters. The molecular weight excluding hydrogens is 333 g/mol. The number of hydrogen-bond donors (Lipinski definition) is 3. The number of benzene rings is 2. The van der Waals surface area contributed by atoms with E-state index in [1.807, 2.05) is 0 Å². The number of ether oxygens (including phenoxy) is 1. The fourth-order valence-corrected chi connectivity index (χ4v) is 3.22. The number of carbonyl (C=O) groups excluding carboxylic acids is 1. The van der Waals surface area contributed by atoms with E-state index in [4.69, 9.17) is 4.65 Å². The van der Waals surface area contributed by atoms with Gasteiger partial charge in [-0.3, -0.25) is 0 Å². The number of rotatable bonds is 4. The van der Waals surface area contributed by atoms with Crippen LogP contribution >= 0.6 is 0 Å². The minimum Gasteiger partial charge on any atom is -0.507 e. The zero-order chi connectivity index (χ0) is 17.3. The molecule has 2 aromatic rings. The molecule has 0 saturated heterocycles. The van der Waals surface area contributed by atoms with Crippen LogP contribution in [0.2, 0.25) is 0 Å². The van der Waals surface area contributed by atoms with Gasteiger partial charge in [-0.15, -0.1) is 0 Å². The highest BCUT2D eigenvalue weighted by atomic mass is 32.2. The van der Waals surface area contributed by atoms with Crippen LogP contribution in [0.1, 0.15) is 15.9 Å². The van der Waals surface area contributed by atoms with Crippen LogP contribution in [0.15, 0.2) is 41.3 Å². The summed E-state index contributed by atoms with van der Waals surface area (Å²) < 4.78 is 24.9. The molecule has 1 aliphatic rings. The van der Waals surface area contributed by atoms with Gasteiger partial charge in [0.25, 0.3) is 0 Å². The van der Waals surface area contributed by atoms with Gasteiger partial charge in [0, 0.05) is 5.69 Å². The molecule has 2 aromatic carbocycles. The maximum absolute atomic E-state index is 12.4. The van der Waals surface area contributed by atoms with Crippen LogP contribution < -0.4 is 10.2 Å². The van der Waals surface area contributed by atoms with Crippen molar-refractivity contribution >= 4 is 35.2 Å². The number of carbonyl (C=O) groups is 1. The average molecular weight is 347 g/mol. The van der Waals surface area contributed by atoms with E-state index < -0.39 is 24.1 Å². The van der Waals surface area contributed by atoms with E-state index in [0.717, 1.165) is 5.56 Å². The minimum absolute atomic E-state index is 0.0667. The lowest BCUT2D eigenvalue weighted by Gasteiger charge is -2.09. The number of esters is 1. The van der Waals surface area contributed by atoms with Gasteiger partial charge in [-0.25, -0.2) is 9.00 Å². The van der Waals surface area contributed by atoms with Gasteiger partial charge in [0.05, 0.1) is 18.6 Å². The van der Waals surface area contributed by atoms with Crippen molar-refractivity contribution in [2.24, 2.45) is 0 Å². The number of hydrogen-bond acceptors (Lipinski definition) is 6. The monoisotopic (exact) mass is 347 g/mol. The first-order valence-electron chi connectivity index (χ1n) is 7.02. The second-order valence-electron chi connectivity index (χ2n) is 5.12. The van der Waals surface area contributed by atoms with Gasteiger partial charge >= 0.3 is 13.1 Å². The first kappa shape index (κ1) is 16.5. The number of fused-ring (bicyclic) bond motifs is 1. The van der Waals surface area contributed by atoms with Gasteiger partial charge < -0.3 is 24.2 Å². The average Bonchev–Trinajstić information content (AvgIpc) is 2.95. The van der Waals surface area contributed by atoms with Crippen LogP contribution in [0.3, 0.4) is 0 Å². The third-order valence-electron chi connectivity index (χ3n) is 3.61. The Kier molecular flexibility index (Phi) is 4.56. The number of methoxy groups -OCH3 is 1. The fourth-order valence-electron chi connectivity index (χ4n) is 2.35. The fraction of sp³-hybridized carbons (Fsp3) is 0.133. The van der Waals surface area contributed by atoms with Crippen molar-refractivity contribution in [2.45, 2.75) is 11.5 Å². The molecule has 0 spiro atoms. The molecule has 0 aromatic heterocycles. The Bertz CT molecular complexity index is 828. The van der Waals surface area contributed by atoms with Gasteiger partial charge in [0.1, 0.15) is 22.3 Å². The first-order valence-corrected chi connectivity index (χ1v) is 8.17. The normalized spacial score (nSPS) is 14.2. The Morgan fingerprint density at radius 2 is 2.12 bits per heavy atom. The largest absolute Gasteiger partial charge is 0.507 e. The van der Waals surface area contributed by atoms with Crippen LogP contribution in [0.25, 0.3) is 0 Å². The zero-order valence-electron chi connectivity index (χ0n) is 12.7. The maximum atomic E-state index is 12.4. The van der Waals surface area contributed by atoms with Gasteiger partial charge in [0.2, 0.25) is 0 Å². The summed E-state index contributed by atoms with van der Waals surface area (Å²) in [5.41, 5.74) is 1.96. The molecule has 1 heterocycles. The molecular formula is C15H14BNO6S. The molecule has 124 valence electrons. The van der Waals surface area contributed by atoms with Crippen molar-refractivity contribution in [3.63, 3.8) is 0 Å². The van der Waals surface area contributed by atoms with Crippen molar-refractivity contribution in [1.29, 1.82) is 0 Å². The van der Waals surface area contributed by atoms with Crippen molar-refractivity contribution in [3.8, 4) is 5.75 Å². The molecule has 3 rings (SSSR count). The first-order chi connectivity index (χ1) is 11.5. The lowest BCUT2D eigenvalue weighted by molar-refractivity contribution is 0.0597. The molecule has 0 fully saturated rings. The van der Waals surface area contributed by atoms with Crippen LogP contribution in [-0.4, -0.2) is 34.5 Å². The third kappa shape index (κ3) is 3.14. The quantitative estimate of drug-likeness (QED) is 0.551. The summed E-state index contributed by atoms with van der Waals surface area (Å²) >= 11 is 0. The van der Waals surface area contributed by atoms with Gasteiger partial charge in [-0.2, -0.15) is 0 Å². The Morgan fingerprint density at radius 1 is 1.33 bits per heavy atom. The molecule has 7 nitrogen and oxygen atoms in total. The van der Waals surface area contributed by atoms with Gasteiger partial charge in [-0.1, -0.05) is 6.07 Å². The topological polar surface area (TPSA) is 105 Å². The minimum atomic E-state index is -1.67. The second-order valence-corrected chi connectivity index (χ2v) is 6.33. The van der Waals surface area contributed by atoms with Crippen LogP contribution in [0, 0.1) is 0 Å². The Hall–Kier alpha value is -2.36. The Balaban J connectivity index is 1.83. The van der Waals surface area contributed by atoms with Gasteiger partial charge in [-0.05, 0) is 41.4 Å². The van der Waals surface area contributed by atoms with Crippen molar-refractivity contribution in [3.05, 3.63) is 47.5 Å². The molecule has 0 radical (unpaired) electrons. The third-order valence-corrected chi connectivity index (χ3v) is 4.71. The molecule has 3 N–H and O–H groups in total. The van der Waals surface area contributed by atoms with Crippen LogP contribution in [0.5, 0.6) is 5.75 Å². The SMILES string of the molecule is COC(=O)c1cc(S(=O)Nc2ccc3c(c2)B(O)OC3)ccc1O. The molecule has 0 bridgehead atoms.